The summed E-state index contributed by atoms with van der Waals surface area (Å²) in [7, 11) is 0. The Balaban J connectivity index is 1.48. The average molecular weight is 523 g/mol. The summed E-state index contributed by atoms with van der Waals surface area (Å²) in [5.74, 6) is 1.58. The highest BCUT2D eigenvalue weighted by Crippen LogP contribution is 2.26. The third-order valence-corrected chi connectivity index (χ3v) is 6.97. The molecule has 0 aliphatic rings. The molecular weight excluding hydrogens is 488 g/mol. The van der Waals surface area contributed by atoms with Crippen LogP contribution in [0.15, 0.2) is 89.7 Å². The van der Waals surface area contributed by atoms with Gasteiger partial charge in [0.05, 0.1) is 19.2 Å². The van der Waals surface area contributed by atoms with Gasteiger partial charge < -0.3 is 9.72 Å². The molecule has 0 spiro atoms. The maximum absolute atomic E-state index is 13.2. The Kier molecular flexibility index (Phi) is 8.43. The van der Waals surface area contributed by atoms with Crippen molar-refractivity contribution in [2.75, 3.05) is 13.2 Å². The Labute approximate surface area is 228 Å². The van der Waals surface area contributed by atoms with Gasteiger partial charge in [0, 0.05) is 29.6 Å². The quantitative estimate of drug-likeness (QED) is 0.244. The van der Waals surface area contributed by atoms with Crippen LogP contribution in [0.25, 0.3) is 10.9 Å². The van der Waals surface area contributed by atoms with E-state index >= 15 is 0 Å². The number of rotatable bonds is 12. The first-order valence-electron chi connectivity index (χ1n) is 13.5. The number of benzene rings is 3. The molecule has 3 aromatic carbocycles. The molecule has 2 aromatic heterocycles. The second-order valence-electron chi connectivity index (χ2n) is 9.62. The molecule has 0 saturated heterocycles. The monoisotopic (exact) mass is 522 g/mol. The van der Waals surface area contributed by atoms with Crippen LogP contribution in [0.3, 0.4) is 0 Å². The van der Waals surface area contributed by atoms with Gasteiger partial charge in [0.25, 0.3) is 5.56 Å². The highest BCUT2D eigenvalue weighted by atomic mass is 16.5. The molecule has 0 amide bonds. The van der Waals surface area contributed by atoms with Gasteiger partial charge in [-0.2, -0.15) is 0 Å². The van der Waals surface area contributed by atoms with Crippen LogP contribution in [0.1, 0.15) is 48.8 Å². The minimum Gasteiger partial charge on any atom is -0.494 e. The number of aromatic amines is 1. The van der Waals surface area contributed by atoms with Gasteiger partial charge in [0.1, 0.15) is 5.75 Å². The summed E-state index contributed by atoms with van der Waals surface area (Å²) in [6.07, 6.45) is 1.64. The molecule has 200 valence electrons. The smallest absolute Gasteiger partial charge is 0.252 e. The van der Waals surface area contributed by atoms with Crippen LogP contribution in [-0.2, 0) is 19.5 Å². The maximum atomic E-state index is 13.2. The van der Waals surface area contributed by atoms with Crippen LogP contribution in [0.4, 0.5) is 0 Å². The second kappa shape index (κ2) is 12.5. The lowest BCUT2D eigenvalue weighted by atomic mass is 10.1. The van der Waals surface area contributed by atoms with Gasteiger partial charge in [-0.1, -0.05) is 67.6 Å². The van der Waals surface area contributed by atoms with Crippen molar-refractivity contribution in [3.8, 4) is 5.75 Å². The Hall–Kier alpha value is -4.30. The number of H-pyrrole nitrogens is 1. The third-order valence-electron chi connectivity index (χ3n) is 6.97. The number of nitrogens with zero attached hydrogens (tertiary/aromatic N) is 5. The number of pyridine rings is 1. The first kappa shape index (κ1) is 26.3. The van der Waals surface area contributed by atoms with Gasteiger partial charge in [-0.3, -0.25) is 9.69 Å². The van der Waals surface area contributed by atoms with E-state index in [9.17, 15) is 4.79 Å². The Morgan fingerprint density at radius 1 is 0.949 bits per heavy atom. The van der Waals surface area contributed by atoms with Crippen molar-refractivity contribution in [2.45, 2.75) is 45.8 Å². The SMILES string of the molecule is CCOc1ccc2[nH]c(=O)c(CN(CCc3ccccc3)[C@@H](CC)c3nnnn3Cc3ccccc3)cc2c1. The first-order chi connectivity index (χ1) is 19.1. The molecule has 8 nitrogen and oxygen atoms in total. The van der Waals surface area contributed by atoms with Crippen LogP contribution in [0.2, 0.25) is 0 Å². The molecule has 0 radical (unpaired) electrons. The van der Waals surface area contributed by atoms with Gasteiger partial charge >= 0.3 is 0 Å². The number of fused-ring (bicyclic) bond motifs is 1. The van der Waals surface area contributed by atoms with Crippen molar-refractivity contribution in [1.29, 1.82) is 0 Å². The molecule has 0 saturated carbocycles. The van der Waals surface area contributed by atoms with Crippen molar-refractivity contribution in [1.82, 2.24) is 30.1 Å². The highest BCUT2D eigenvalue weighted by Gasteiger charge is 2.26. The minimum absolute atomic E-state index is 0.0720. The van der Waals surface area contributed by atoms with Crippen LogP contribution in [0.5, 0.6) is 5.75 Å². The van der Waals surface area contributed by atoms with Gasteiger partial charge in [-0.25, -0.2) is 4.68 Å². The summed E-state index contributed by atoms with van der Waals surface area (Å²) in [4.78, 5) is 18.6. The van der Waals surface area contributed by atoms with Crippen molar-refractivity contribution >= 4 is 10.9 Å². The fraction of sp³-hybridized carbons (Fsp3) is 0.290. The summed E-state index contributed by atoms with van der Waals surface area (Å²) in [5.41, 5.74) is 3.78. The van der Waals surface area contributed by atoms with E-state index in [2.05, 4.69) is 68.7 Å². The lowest BCUT2D eigenvalue weighted by molar-refractivity contribution is 0.172. The summed E-state index contributed by atoms with van der Waals surface area (Å²) in [5, 5.41) is 13.8. The van der Waals surface area contributed by atoms with Crippen molar-refractivity contribution in [3.63, 3.8) is 0 Å². The molecule has 0 aliphatic carbocycles. The Morgan fingerprint density at radius 2 is 1.69 bits per heavy atom. The molecule has 0 bridgehead atoms. The zero-order valence-corrected chi connectivity index (χ0v) is 22.5. The molecule has 1 N–H and O–H groups in total. The van der Waals surface area contributed by atoms with E-state index in [0.29, 0.717) is 25.3 Å². The third kappa shape index (κ3) is 6.41. The van der Waals surface area contributed by atoms with E-state index < -0.39 is 0 Å². The maximum Gasteiger partial charge on any atom is 0.252 e. The van der Waals surface area contributed by atoms with E-state index in [4.69, 9.17) is 4.74 Å². The number of hydrogen-bond acceptors (Lipinski definition) is 6. The molecule has 0 aliphatic heterocycles. The lowest BCUT2D eigenvalue weighted by Crippen LogP contribution is -2.34. The Morgan fingerprint density at radius 3 is 2.41 bits per heavy atom. The Bertz CT molecular complexity index is 1550. The molecule has 2 heterocycles. The summed E-state index contributed by atoms with van der Waals surface area (Å²) in [6.45, 7) is 6.49. The molecule has 1 atom stereocenters. The van der Waals surface area contributed by atoms with Crippen LogP contribution in [0, 0.1) is 0 Å². The van der Waals surface area contributed by atoms with Crippen LogP contribution in [-0.4, -0.2) is 43.2 Å². The molecule has 0 fully saturated rings. The van der Waals surface area contributed by atoms with Gasteiger partial charge in [0.2, 0.25) is 0 Å². The predicted octanol–water partition coefficient (Wildman–Crippen LogP) is 5.16. The van der Waals surface area contributed by atoms with E-state index in [0.717, 1.165) is 47.4 Å². The average Bonchev–Trinajstić information content (AvgIpc) is 3.41. The minimum atomic E-state index is -0.0879. The molecule has 8 heteroatoms. The van der Waals surface area contributed by atoms with E-state index in [-0.39, 0.29) is 11.6 Å². The summed E-state index contributed by atoms with van der Waals surface area (Å²) >= 11 is 0. The normalized spacial score (nSPS) is 12.2. The zero-order chi connectivity index (χ0) is 27.0. The molecule has 5 rings (SSSR count). The van der Waals surface area contributed by atoms with Gasteiger partial charge in [0.15, 0.2) is 5.82 Å². The van der Waals surface area contributed by atoms with E-state index in [1.165, 1.54) is 5.56 Å². The topological polar surface area (TPSA) is 88.9 Å². The number of hydrogen-bond donors (Lipinski definition) is 1. The largest absolute Gasteiger partial charge is 0.494 e. The summed E-state index contributed by atoms with van der Waals surface area (Å²) in [6, 6.07) is 28.3. The number of nitrogens with one attached hydrogen (secondary N) is 1. The molecular formula is C31H34N6O2. The standard InChI is InChI=1S/C31H34N6O2/c1-3-29(30-33-34-35-37(30)21-24-13-9-6-10-14-24)36(18-17-23-11-7-5-8-12-23)22-26-19-25-20-27(39-4-2)15-16-28(25)32-31(26)38/h5-16,19-20,29H,3-4,17-18,21-22H2,1-2H3,(H,32,38)/t29-/m0/s1. The van der Waals surface area contributed by atoms with E-state index in [1.807, 2.05) is 60.1 Å². The van der Waals surface area contributed by atoms with Crippen molar-refractivity contribution < 1.29 is 4.74 Å². The number of ether oxygens (including phenoxy) is 1. The van der Waals surface area contributed by atoms with Crippen LogP contribution < -0.4 is 10.3 Å². The van der Waals surface area contributed by atoms with Crippen molar-refractivity contribution in [2.24, 2.45) is 0 Å². The van der Waals surface area contributed by atoms with Crippen molar-refractivity contribution in [3.05, 3.63) is 118 Å². The number of aromatic nitrogens is 5. The van der Waals surface area contributed by atoms with E-state index in [1.54, 1.807) is 0 Å². The fourth-order valence-corrected chi connectivity index (χ4v) is 5.01. The molecule has 5 aromatic rings. The number of tetrazole rings is 1. The van der Waals surface area contributed by atoms with Gasteiger partial charge in [-0.15, -0.1) is 5.10 Å². The molecule has 39 heavy (non-hydrogen) atoms. The second-order valence-corrected chi connectivity index (χ2v) is 9.62. The predicted molar refractivity (Wildman–Crippen MR) is 153 cm³/mol. The van der Waals surface area contributed by atoms with Gasteiger partial charge in [-0.05, 0) is 65.6 Å². The molecule has 0 unspecified atom stereocenters. The van der Waals surface area contributed by atoms with Crippen LogP contribution >= 0.6 is 0 Å². The fourth-order valence-electron chi connectivity index (χ4n) is 5.01. The highest BCUT2D eigenvalue weighted by molar-refractivity contribution is 5.80. The summed E-state index contributed by atoms with van der Waals surface area (Å²) < 4.78 is 7.56. The zero-order valence-electron chi connectivity index (χ0n) is 22.5. The first-order valence-corrected chi connectivity index (χ1v) is 13.5. The lowest BCUT2D eigenvalue weighted by Gasteiger charge is -2.30.